The van der Waals surface area contributed by atoms with Crippen LogP contribution in [0.5, 0.6) is 0 Å². The second kappa shape index (κ2) is 48.0. The maximum Gasteiger partial charge on any atom is 0.305 e. The molecule has 342 valence electrons. The molecular weight excluding hydrogens is 719 g/mol. The molecule has 0 aromatic heterocycles. The number of carbonyl (C=O) groups is 2. The minimum absolute atomic E-state index is 0.0196. The Morgan fingerprint density at radius 3 is 1.24 bits per heavy atom. The third kappa shape index (κ3) is 43.9. The van der Waals surface area contributed by atoms with Gasteiger partial charge in [-0.3, -0.25) is 9.59 Å². The van der Waals surface area contributed by atoms with Crippen molar-refractivity contribution in [3.05, 3.63) is 24.3 Å². The van der Waals surface area contributed by atoms with Gasteiger partial charge in [-0.05, 0) is 77.0 Å². The topological polar surface area (TPSA) is 95.9 Å². The molecule has 2 unspecified atom stereocenters. The summed E-state index contributed by atoms with van der Waals surface area (Å²) >= 11 is 0. The minimum atomic E-state index is -0.673. The molecule has 0 radical (unpaired) electrons. The smallest absolute Gasteiger partial charge is 0.305 e. The normalized spacial score (nSPS) is 12.8. The summed E-state index contributed by atoms with van der Waals surface area (Å²) in [6, 6.07) is -0.552. The molecular formula is C52H99NO5. The van der Waals surface area contributed by atoms with Gasteiger partial charge in [-0.15, -0.1) is 0 Å². The van der Waals surface area contributed by atoms with E-state index in [0.29, 0.717) is 25.9 Å². The Morgan fingerprint density at radius 1 is 0.466 bits per heavy atom. The predicted octanol–water partition coefficient (Wildman–Crippen LogP) is 15.1. The Bertz CT molecular complexity index is 904. The van der Waals surface area contributed by atoms with Gasteiger partial charge in [0.1, 0.15) is 0 Å². The molecule has 0 bridgehead atoms. The molecule has 0 aliphatic carbocycles. The zero-order valence-electron chi connectivity index (χ0n) is 38.8. The Labute approximate surface area is 361 Å². The first-order chi connectivity index (χ1) is 28.5. The number of aliphatic hydroxyl groups excluding tert-OH is 2. The number of allylic oxidation sites excluding steroid dienone is 4. The summed E-state index contributed by atoms with van der Waals surface area (Å²) in [6.07, 6.45) is 55.7. The van der Waals surface area contributed by atoms with E-state index in [1.807, 2.05) is 0 Å². The standard InChI is InChI=1S/C52H99NO5/c1-3-5-7-9-11-13-15-20-24-28-32-36-40-44-50(55)49(48-54)53-51(56)45-41-37-33-29-25-22-18-17-19-23-27-31-35-39-43-47-58-52(57)46-42-38-34-30-26-21-16-14-12-10-8-6-4-2/h14,16,19,23,49-50,54-55H,3-13,15,17-18,20-22,24-48H2,1-2H3,(H,53,56)/b16-14-,23-19-. The molecule has 1 amide bonds. The SMILES string of the molecule is CCCCCC/C=C\CCCCCCCC(=O)OCCCCCC/C=C\CCCCCCCCCC(=O)NC(CO)C(O)CCCCCCCCCCCCCCC. The van der Waals surface area contributed by atoms with Gasteiger partial charge < -0.3 is 20.3 Å². The van der Waals surface area contributed by atoms with Gasteiger partial charge in [-0.1, -0.05) is 205 Å². The average molecular weight is 818 g/mol. The number of esters is 1. The van der Waals surface area contributed by atoms with Crippen LogP contribution in [-0.2, 0) is 14.3 Å². The van der Waals surface area contributed by atoms with E-state index in [4.69, 9.17) is 4.74 Å². The molecule has 6 nitrogen and oxygen atoms in total. The van der Waals surface area contributed by atoms with Crippen molar-refractivity contribution in [2.45, 2.75) is 283 Å². The molecule has 0 aromatic carbocycles. The van der Waals surface area contributed by atoms with E-state index in [1.165, 1.54) is 167 Å². The lowest BCUT2D eigenvalue weighted by atomic mass is 10.0. The van der Waals surface area contributed by atoms with Crippen molar-refractivity contribution in [1.29, 1.82) is 0 Å². The number of hydrogen-bond acceptors (Lipinski definition) is 5. The van der Waals surface area contributed by atoms with Crippen molar-refractivity contribution in [2.24, 2.45) is 0 Å². The highest BCUT2D eigenvalue weighted by Crippen LogP contribution is 2.16. The first kappa shape index (κ1) is 56.3. The lowest BCUT2D eigenvalue weighted by Crippen LogP contribution is -2.45. The number of nitrogens with one attached hydrogen (secondary N) is 1. The van der Waals surface area contributed by atoms with E-state index in [9.17, 15) is 19.8 Å². The van der Waals surface area contributed by atoms with Crippen LogP contribution in [0.15, 0.2) is 24.3 Å². The van der Waals surface area contributed by atoms with Crippen LogP contribution in [-0.4, -0.2) is 47.4 Å². The Morgan fingerprint density at radius 2 is 0.810 bits per heavy atom. The molecule has 0 spiro atoms. The Balaban J connectivity index is 3.48. The van der Waals surface area contributed by atoms with Gasteiger partial charge in [0.05, 0.1) is 25.4 Å². The molecule has 0 saturated carbocycles. The predicted molar refractivity (Wildman–Crippen MR) is 250 cm³/mol. The van der Waals surface area contributed by atoms with Crippen LogP contribution in [0, 0.1) is 0 Å². The first-order valence-corrected chi connectivity index (χ1v) is 25.6. The van der Waals surface area contributed by atoms with E-state index in [1.54, 1.807) is 0 Å². The molecule has 0 fully saturated rings. The van der Waals surface area contributed by atoms with Crippen LogP contribution in [0.4, 0.5) is 0 Å². The fraction of sp³-hybridized carbons (Fsp3) is 0.885. The number of aliphatic hydroxyl groups is 2. The lowest BCUT2D eigenvalue weighted by molar-refractivity contribution is -0.143. The van der Waals surface area contributed by atoms with Crippen LogP contribution >= 0.6 is 0 Å². The van der Waals surface area contributed by atoms with Crippen molar-refractivity contribution >= 4 is 11.9 Å². The molecule has 0 rings (SSSR count). The third-order valence-corrected chi connectivity index (χ3v) is 11.7. The van der Waals surface area contributed by atoms with E-state index in [0.717, 1.165) is 70.6 Å². The summed E-state index contributed by atoms with van der Waals surface area (Å²) in [5, 5.41) is 23.2. The minimum Gasteiger partial charge on any atom is -0.466 e. The fourth-order valence-electron chi connectivity index (χ4n) is 7.74. The maximum absolute atomic E-state index is 12.4. The van der Waals surface area contributed by atoms with Crippen molar-refractivity contribution in [2.75, 3.05) is 13.2 Å². The van der Waals surface area contributed by atoms with Gasteiger partial charge in [0.2, 0.25) is 5.91 Å². The second-order valence-corrected chi connectivity index (χ2v) is 17.5. The number of amides is 1. The number of ether oxygens (including phenoxy) is 1. The molecule has 0 heterocycles. The molecule has 58 heavy (non-hydrogen) atoms. The summed E-state index contributed by atoms with van der Waals surface area (Å²) in [7, 11) is 0. The lowest BCUT2D eigenvalue weighted by Gasteiger charge is -2.22. The summed E-state index contributed by atoms with van der Waals surface area (Å²) in [5.74, 6) is -0.0705. The zero-order chi connectivity index (χ0) is 42.3. The monoisotopic (exact) mass is 818 g/mol. The number of rotatable bonds is 47. The first-order valence-electron chi connectivity index (χ1n) is 25.6. The van der Waals surface area contributed by atoms with Gasteiger partial charge in [0, 0.05) is 12.8 Å². The third-order valence-electron chi connectivity index (χ3n) is 11.7. The quantitative estimate of drug-likeness (QED) is 0.0323. The highest BCUT2D eigenvalue weighted by molar-refractivity contribution is 5.76. The van der Waals surface area contributed by atoms with Crippen LogP contribution < -0.4 is 5.32 Å². The van der Waals surface area contributed by atoms with Gasteiger partial charge in [-0.25, -0.2) is 0 Å². The van der Waals surface area contributed by atoms with E-state index in [-0.39, 0.29) is 18.5 Å². The highest BCUT2D eigenvalue weighted by Gasteiger charge is 2.20. The number of carbonyl (C=O) groups excluding carboxylic acids is 2. The van der Waals surface area contributed by atoms with Crippen molar-refractivity contribution in [3.63, 3.8) is 0 Å². The summed E-state index contributed by atoms with van der Waals surface area (Å²) < 4.78 is 5.44. The average Bonchev–Trinajstić information content (AvgIpc) is 3.22. The number of unbranched alkanes of at least 4 members (excludes halogenated alkanes) is 32. The van der Waals surface area contributed by atoms with E-state index < -0.39 is 12.1 Å². The molecule has 6 heteroatoms. The molecule has 0 aliphatic rings. The maximum atomic E-state index is 12.4. The van der Waals surface area contributed by atoms with Gasteiger partial charge in [0.15, 0.2) is 0 Å². The molecule has 3 N–H and O–H groups in total. The van der Waals surface area contributed by atoms with Crippen molar-refractivity contribution in [1.82, 2.24) is 5.32 Å². The molecule has 0 aliphatic heterocycles. The van der Waals surface area contributed by atoms with Crippen LogP contribution in [0.2, 0.25) is 0 Å². The van der Waals surface area contributed by atoms with E-state index in [2.05, 4.69) is 43.5 Å². The zero-order valence-corrected chi connectivity index (χ0v) is 38.8. The van der Waals surface area contributed by atoms with Crippen LogP contribution in [0.25, 0.3) is 0 Å². The van der Waals surface area contributed by atoms with Crippen LogP contribution in [0.1, 0.15) is 271 Å². The second-order valence-electron chi connectivity index (χ2n) is 17.5. The summed E-state index contributed by atoms with van der Waals surface area (Å²) in [5.41, 5.74) is 0. The van der Waals surface area contributed by atoms with Gasteiger partial charge in [-0.2, -0.15) is 0 Å². The van der Waals surface area contributed by atoms with Crippen LogP contribution in [0.3, 0.4) is 0 Å². The number of hydrogen-bond donors (Lipinski definition) is 3. The van der Waals surface area contributed by atoms with E-state index >= 15 is 0 Å². The highest BCUT2D eigenvalue weighted by atomic mass is 16.5. The molecule has 0 saturated heterocycles. The molecule has 0 aromatic rings. The van der Waals surface area contributed by atoms with Crippen molar-refractivity contribution < 1.29 is 24.5 Å². The van der Waals surface area contributed by atoms with Crippen molar-refractivity contribution in [3.8, 4) is 0 Å². The Hall–Kier alpha value is -1.66. The molecule has 2 atom stereocenters. The summed E-state index contributed by atoms with van der Waals surface area (Å²) in [4.78, 5) is 24.4. The largest absolute Gasteiger partial charge is 0.466 e. The Kier molecular flexibility index (Phi) is 46.6. The van der Waals surface area contributed by atoms with Gasteiger partial charge >= 0.3 is 5.97 Å². The van der Waals surface area contributed by atoms with Gasteiger partial charge in [0.25, 0.3) is 0 Å². The fourth-order valence-corrected chi connectivity index (χ4v) is 7.74. The summed E-state index contributed by atoms with van der Waals surface area (Å²) in [6.45, 7) is 4.89.